The van der Waals surface area contributed by atoms with E-state index in [0.29, 0.717) is 40.2 Å². The molecule has 3 aromatic rings. The molecule has 10 nitrogen and oxygen atoms in total. The average Bonchev–Trinajstić information content (AvgIpc) is 3.25. The van der Waals surface area contributed by atoms with Crippen molar-refractivity contribution < 1.29 is 14.5 Å². The first-order chi connectivity index (χ1) is 17.6. The van der Waals surface area contributed by atoms with Crippen molar-refractivity contribution in [2.45, 2.75) is 44.9 Å². The van der Waals surface area contributed by atoms with E-state index in [0.717, 1.165) is 0 Å². The number of nitro groups is 1. The van der Waals surface area contributed by atoms with Crippen LogP contribution >= 0.6 is 35.0 Å². The quantitative estimate of drug-likeness (QED) is 0.172. The van der Waals surface area contributed by atoms with Crippen LogP contribution in [0.2, 0.25) is 10.0 Å². The van der Waals surface area contributed by atoms with Crippen LogP contribution in [0.25, 0.3) is 0 Å². The van der Waals surface area contributed by atoms with Gasteiger partial charge in [-0.1, -0.05) is 48.8 Å². The lowest BCUT2D eigenvalue weighted by Gasteiger charge is -2.21. The number of halogens is 2. The second-order valence-electron chi connectivity index (χ2n) is 8.51. The van der Waals surface area contributed by atoms with Gasteiger partial charge in [-0.3, -0.25) is 19.7 Å². The highest BCUT2D eigenvalue weighted by molar-refractivity contribution is 7.99. The van der Waals surface area contributed by atoms with Gasteiger partial charge in [0.05, 0.1) is 27.3 Å². The number of nitrogens with zero attached hydrogens (tertiary/aromatic N) is 4. The Kier molecular flexibility index (Phi) is 9.90. The van der Waals surface area contributed by atoms with Crippen LogP contribution in [0, 0.1) is 16.0 Å². The second-order valence-corrected chi connectivity index (χ2v) is 10.3. The molecule has 0 spiro atoms. The van der Waals surface area contributed by atoms with Crippen LogP contribution in [0.3, 0.4) is 0 Å². The number of amides is 2. The van der Waals surface area contributed by atoms with Gasteiger partial charge >= 0.3 is 0 Å². The van der Waals surface area contributed by atoms with E-state index >= 15 is 0 Å². The number of hydrogen-bond donors (Lipinski definition) is 2. The van der Waals surface area contributed by atoms with Crippen LogP contribution in [0.4, 0.5) is 11.4 Å². The third kappa shape index (κ3) is 7.67. The molecule has 0 bridgehead atoms. The molecular weight excluding hydrogens is 539 g/mol. The molecule has 3 rings (SSSR count). The molecule has 0 fully saturated rings. The van der Waals surface area contributed by atoms with Crippen molar-refractivity contribution in [3.05, 3.63) is 74.0 Å². The van der Waals surface area contributed by atoms with E-state index in [4.69, 9.17) is 23.2 Å². The number of non-ortho nitro benzene ring substituents is 1. The molecule has 13 heteroatoms. The number of carbonyl (C=O) groups is 2. The van der Waals surface area contributed by atoms with Crippen molar-refractivity contribution in [3.63, 3.8) is 0 Å². The summed E-state index contributed by atoms with van der Waals surface area (Å²) in [4.78, 5) is 35.7. The van der Waals surface area contributed by atoms with Gasteiger partial charge in [-0.2, -0.15) is 0 Å². The Morgan fingerprint density at radius 3 is 2.43 bits per heavy atom. The van der Waals surface area contributed by atoms with E-state index in [-0.39, 0.29) is 34.2 Å². The molecule has 2 aromatic carbocycles. The van der Waals surface area contributed by atoms with Crippen molar-refractivity contribution in [3.8, 4) is 0 Å². The van der Waals surface area contributed by atoms with Crippen LogP contribution in [-0.2, 0) is 11.3 Å². The van der Waals surface area contributed by atoms with Crippen LogP contribution < -0.4 is 10.6 Å². The number of thioether (sulfide) groups is 1. The minimum atomic E-state index is -0.504. The van der Waals surface area contributed by atoms with E-state index in [9.17, 15) is 19.7 Å². The fourth-order valence-electron chi connectivity index (χ4n) is 3.57. The predicted molar refractivity (Wildman–Crippen MR) is 144 cm³/mol. The molecule has 0 saturated carbocycles. The van der Waals surface area contributed by atoms with Gasteiger partial charge in [-0.05, 0) is 49.6 Å². The molecular formula is C24H26Cl2N6O4S. The lowest BCUT2D eigenvalue weighted by atomic mass is 10.0. The number of rotatable bonds is 11. The molecule has 0 aliphatic carbocycles. The largest absolute Gasteiger partial charge is 0.342 e. The molecule has 1 heterocycles. The smallest absolute Gasteiger partial charge is 0.269 e. The van der Waals surface area contributed by atoms with Gasteiger partial charge in [0.2, 0.25) is 5.91 Å². The molecule has 0 unspecified atom stereocenters. The van der Waals surface area contributed by atoms with Crippen molar-refractivity contribution in [1.29, 1.82) is 0 Å². The number of carbonyl (C=O) groups excluding carboxylic acids is 2. The number of nitro benzene ring substituents is 1. The monoisotopic (exact) mass is 564 g/mol. The number of aromatic nitrogens is 3. The summed E-state index contributed by atoms with van der Waals surface area (Å²) in [5.74, 6) is 0.228. The van der Waals surface area contributed by atoms with E-state index < -0.39 is 11.0 Å². The third-order valence-corrected chi connectivity index (χ3v) is 6.77. The zero-order valence-electron chi connectivity index (χ0n) is 20.4. The summed E-state index contributed by atoms with van der Waals surface area (Å²) in [5.41, 5.74) is 0.701. The highest BCUT2D eigenvalue weighted by Crippen LogP contribution is 2.27. The van der Waals surface area contributed by atoms with Crippen molar-refractivity contribution in [2.75, 3.05) is 11.1 Å². The van der Waals surface area contributed by atoms with Crippen molar-refractivity contribution in [2.24, 2.45) is 5.92 Å². The van der Waals surface area contributed by atoms with Gasteiger partial charge in [0.25, 0.3) is 11.6 Å². The molecule has 0 aliphatic heterocycles. The first-order valence-electron chi connectivity index (χ1n) is 11.4. The van der Waals surface area contributed by atoms with E-state index in [1.165, 1.54) is 42.1 Å². The lowest BCUT2D eigenvalue weighted by Crippen LogP contribution is -2.31. The predicted octanol–water partition coefficient (Wildman–Crippen LogP) is 5.76. The summed E-state index contributed by atoms with van der Waals surface area (Å²) >= 11 is 13.4. The normalized spacial score (nSPS) is 11.8. The van der Waals surface area contributed by atoms with Crippen LogP contribution in [-0.4, -0.2) is 37.3 Å². The standard InChI is InChI=1S/C24H26Cl2N6O4S/c1-4-31-22(20(11-14(2)3)28-23(34)18-10-5-15(25)12-19(18)26)29-30-24(31)37-13-21(33)27-16-6-8-17(9-7-16)32(35)36/h5-10,12,14,20H,4,11,13H2,1-3H3,(H,27,33)(H,28,34)/t20-/m0/s1. The summed E-state index contributed by atoms with van der Waals surface area (Å²) in [7, 11) is 0. The van der Waals surface area contributed by atoms with Gasteiger partial charge < -0.3 is 15.2 Å². The molecule has 1 aromatic heterocycles. The molecule has 37 heavy (non-hydrogen) atoms. The van der Waals surface area contributed by atoms with Gasteiger partial charge in [0, 0.05) is 29.4 Å². The molecule has 196 valence electrons. The Morgan fingerprint density at radius 2 is 1.84 bits per heavy atom. The van der Waals surface area contributed by atoms with Gasteiger partial charge in [-0.15, -0.1) is 10.2 Å². The molecule has 0 aliphatic rings. The summed E-state index contributed by atoms with van der Waals surface area (Å²) in [6, 6.07) is 9.84. The van der Waals surface area contributed by atoms with Crippen molar-refractivity contribution in [1.82, 2.24) is 20.1 Å². The average molecular weight is 565 g/mol. The number of nitrogens with one attached hydrogen (secondary N) is 2. The Morgan fingerprint density at radius 1 is 1.14 bits per heavy atom. The minimum Gasteiger partial charge on any atom is -0.342 e. The summed E-state index contributed by atoms with van der Waals surface area (Å²) in [6.45, 7) is 6.54. The Balaban J connectivity index is 1.72. The first kappa shape index (κ1) is 28.4. The number of benzene rings is 2. The maximum Gasteiger partial charge on any atom is 0.269 e. The molecule has 2 amide bonds. The highest BCUT2D eigenvalue weighted by Gasteiger charge is 2.25. The lowest BCUT2D eigenvalue weighted by molar-refractivity contribution is -0.384. The minimum absolute atomic E-state index is 0.0523. The fraction of sp³-hybridized carbons (Fsp3) is 0.333. The van der Waals surface area contributed by atoms with Crippen LogP contribution in [0.1, 0.15) is 49.4 Å². The maximum atomic E-state index is 13.0. The molecule has 0 radical (unpaired) electrons. The molecule has 2 N–H and O–H groups in total. The zero-order chi connectivity index (χ0) is 27.1. The Bertz CT molecular complexity index is 1280. The summed E-state index contributed by atoms with van der Waals surface area (Å²) < 4.78 is 1.86. The van der Waals surface area contributed by atoms with E-state index in [2.05, 4.69) is 20.8 Å². The van der Waals surface area contributed by atoms with Crippen LogP contribution in [0.5, 0.6) is 0 Å². The second kappa shape index (κ2) is 12.9. The van der Waals surface area contributed by atoms with Crippen LogP contribution in [0.15, 0.2) is 47.6 Å². The number of hydrogen-bond acceptors (Lipinski definition) is 7. The van der Waals surface area contributed by atoms with Crippen molar-refractivity contribution >= 4 is 58.2 Å². The topological polar surface area (TPSA) is 132 Å². The molecule has 1 atom stereocenters. The highest BCUT2D eigenvalue weighted by atomic mass is 35.5. The fourth-order valence-corrected chi connectivity index (χ4v) is 4.87. The Labute approximate surface area is 228 Å². The third-order valence-electron chi connectivity index (χ3n) is 5.26. The molecule has 0 saturated heterocycles. The SMILES string of the molecule is CCn1c(SCC(=O)Nc2ccc([N+](=O)[O-])cc2)nnc1[C@H](CC(C)C)NC(=O)c1ccc(Cl)cc1Cl. The summed E-state index contributed by atoms with van der Waals surface area (Å²) in [5, 5.41) is 26.3. The number of anilines is 1. The zero-order valence-corrected chi connectivity index (χ0v) is 22.7. The van der Waals surface area contributed by atoms with E-state index in [1.807, 2.05) is 25.3 Å². The first-order valence-corrected chi connectivity index (χ1v) is 13.2. The van der Waals surface area contributed by atoms with Gasteiger partial charge in [0.15, 0.2) is 11.0 Å². The Hall–Kier alpha value is -3.15. The summed E-state index contributed by atoms with van der Waals surface area (Å²) in [6.07, 6.45) is 0.611. The van der Waals surface area contributed by atoms with Gasteiger partial charge in [-0.25, -0.2) is 0 Å². The van der Waals surface area contributed by atoms with E-state index in [1.54, 1.807) is 12.1 Å². The van der Waals surface area contributed by atoms with Gasteiger partial charge in [0.1, 0.15) is 0 Å². The maximum absolute atomic E-state index is 13.0.